The van der Waals surface area contributed by atoms with Crippen LogP contribution in [0, 0.1) is 0 Å². The minimum atomic E-state index is -0.314. The van der Waals surface area contributed by atoms with Gasteiger partial charge in [0.25, 0.3) is 0 Å². The molecule has 4 heteroatoms. The number of hydrogen-bond acceptors (Lipinski definition) is 3. The van der Waals surface area contributed by atoms with Gasteiger partial charge in [-0.25, -0.2) is 9.97 Å². The molecular formula is C14H29N3O. The molecule has 0 aliphatic carbocycles. The number of primary amides is 1. The summed E-state index contributed by atoms with van der Waals surface area (Å²) in [7, 11) is 0. The van der Waals surface area contributed by atoms with Crippen molar-refractivity contribution in [1.82, 2.24) is 9.97 Å². The van der Waals surface area contributed by atoms with E-state index in [-0.39, 0.29) is 7.33 Å². The van der Waals surface area contributed by atoms with Crippen molar-refractivity contribution in [1.29, 1.82) is 0 Å². The van der Waals surface area contributed by atoms with Crippen LogP contribution in [-0.4, -0.2) is 15.9 Å². The molecule has 0 radical (unpaired) electrons. The van der Waals surface area contributed by atoms with Crippen LogP contribution in [0.2, 0.25) is 0 Å². The molecule has 0 aromatic carbocycles. The van der Waals surface area contributed by atoms with E-state index in [0.29, 0.717) is 18.7 Å². The van der Waals surface area contributed by atoms with Gasteiger partial charge in [-0.05, 0) is 12.5 Å². The molecule has 0 saturated heterocycles. The molecule has 1 rings (SSSR count). The van der Waals surface area contributed by atoms with Gasteiger partial charge in [0.05, 0.1) is 0 Å². The highest BCUT2D eigenvalue weighted by Crippen LogP contribution is 1.98. The minimum absolute atomic E-state index is 0. The van der Waals surface area contributed by atoms with Gasteiger partial charge in [0.15, 0.2) is 0 Å². The number of amides is 1. The zero-order valence-electron chi connectivity index (χ0n) is 12.4. The van der Waals surface area contributed by atoms with Crippen molar-refractivity contribution < 1.29 is 6.22 Å². The van der Waals surface area contributed by atoms with E-state index >= 15 is 0 Å². The van der Waals surface area contributed by atoms with Crippen molar-refractivity contribution in [2.24, 2.45) is 5.73 Å². The predicted octanol–water partition coefficient (Wildman–Crippen LogP) is 3.15. The van der Waals surface area contributed by atoms with Crippen molar-refractivity contribution in [2.75, 3.05) is 0 Å². The van der Waals surface area contributed by atoms with Gasteiger partial charge in [0.1, 0.15) is 5.82 Å². The number of aryl methyl sites for hydroxylation is 2. The number of carbonyl (C=O) groups is 1. The smallest absolute Gasteiger partial charge is 0.217 e. The van der Waals surface area contributed by atoms with Gasteiger partial charge in [-0.3, -0.25) is 4.79 Å². The molecule has 0 saturated carbocycles. The lowest BCUT2D eigenvalue weighted by Crippen LogP contribution is -2.12. The van der Waals surface area contributed by atoms with Gasteiger partial charge in [-0.1, -0.05) is 41.0 Å². The summed E-state index contributed by atoms with van der Waals surface area (Å²) in [4.78, 5) is 18.8. The first kappa shape index (κ1) is 18.9. The fourth-order valence-electron chi connectivity index (χ4n) is 0.994. The number of carbonyl (C=O) groups excluding carboxylic acids is 1. The quantitative estimate of drug-likeness (QED) is 0.898. The zero-order valence-corrected chi connectivity index (χ0v) is 12.4. The molecule has 0 unspecified atom stereocenters. The normalized spacial score (nSPS) is 8.50. The second kappa shape index (κ2) is 13.6. The molecule has 18 heavy (non-hydrogen) atoms. The van der Waals surface area contributed by atoms with Crippen molar-refractivity contribution in [3.05, 3.63) is 23.8 Å². The van der Waals surface area contributed by atoms with Gasteiger partial charge in [0, 0.05) is 26.2 Å². The number of hydrogen-bond donors (Lipinski definition) is 1. The first-order chi connectivity index (χ1) is 8.63. The molecule has 0 bridgehead atoms. The molecule has 0 aliphatic heterocycles. The van der Waals surface area contributed by atoms with Crippen LogP contribution in [0.5, 0.6) is 0 Å². The van der Waals surface area contributed by atoms with Gasteiger partial charge in [-0.2, -0.15) is 0 Å². The Kier molecular flexibility index (Phi) is 14.3. The predicted molar refractivity (Wildman–Crippen MR) is 78.4 cm³/mol. The Morgan fingerprint density at radius 2 is 1.89 bits per heavy atom. The first-order valence-electron chi connectivity index (χ1n) is 6.73. The van der Waals surface area contributed by atoms with E-state index in [9.17, 15) is 4.79 Å². The zero-order chi connectivity index (χ0) is 14.4. The van der Waals surface area contributed by atoms with Crippen LogP contribution in [0.3, 0.4) is 0 Å². The van der Waals surface area contributed by atoms with E-state index in [1.54, 1.807) is 6.20 Å². The summed E-state index contributed by atoms with van der Waals surface area (Å²) in [5.74, 6) is 0.378. The highest BCUT2D eigenvalue weighted by molar-refractivity contribution is 5.73. The van der Waals surface area contributed by atoms with Crippen LogP contribution in [0.15, 0.2) is 12.3 Å². The molecule has 4 nitrogen and oxygen atoms in total. The maximum Gasteiger partial charge on any atom is 0.217 e. The maximum absolute atomic E-state index is 10.5. The molecule has 1 heterocycles. The molecule has 0 aliphatic rings. The van der Waals surface area contributed by atoms with E-state index < -0.39 is 0 Å². The van der Waals surface area contributed by atoms with E-state index in [2.05, 4.69) is 23.8 Å². The fraction of sp³-hybridized carbons (Fsp3) is 0.643. The van der Waals surface area contributed by atoms with Crippen LogP contribution in [-0.2, 0) is 17.6 Å². The summed E-state index contributed by atoms with van der Waals surface area (Å²) in [5.41, 5.74) is 6.01. The Morgan fingerprint density at radius 1 is 1.33 bits per heavy atom. The lowest BCUT2D eigenvalue weighted by Gasteiger charge is -1.99. The molecule has 106 valence electrons. The molecule has 1 amide bonds. The van der Waals surface area contributed by atoms with Crippen LogP contribution in [0.4, 0.5) is 0 Å². The average molecular weight is 255 g/mol. The van der Waals surface area contributed by atoms with Gasteiger partial charge >= 0.3 is 0 Å². The van der Waals surface area contributed by atoms with Crippen molar-refractivity contribution in [2.45, 2.75) is 60.3 Å². The third-order valence-corrected chi connectivity index (χ3v) is 1.72. The van der Waals surface area contributed by atoms with Gasteiger partial charge < -0.3 is 5.73 Å². The highest BCUT2D eigenvalue weighted by atomic mass is 16.1. The van der Waals surface area contributed by atoms with Crippen LogP contribution >= 0.6 is 0 Å². The van der Waals surface area contributed by atoms with Crippen molar-refractivity contribution in [3.8, 4) is 0 Å². The van der Waals surface area contributed by atoms with E-state index in [1.807, 2.05) is 26.8 Å². The second-order valence-electron chi connectivity index (χ2n) is 3.49. The van der Waals surface area contributed by atoms with E-state index in [0.717, 1.165) is 12.1 Å². The molecule has 0 fully saturated rings. The summed E-state index contributed by atoms with van der Waals surface area (Å²) in [6.45, 7) is 10.3. The first-order valence-corrected chi connectivity index (χ1v) is 6.73. The lowest BCUT2D eigenvalue weighted by molar-refractivity contribution is -0.118. The summed E-state index contributed by atoms with van der Waals surface area (Å²) in [6.07, 6.45) is 4.69. The Balaban J connectivity index is -0.000000376. The molecule has 2 N–H and O–H groups in total. The summed E-state index contributed by atoms with van der Waals surface area (Å²) >= 11 is 0. The van der Waals surface area contributed by atoms with E-state index in [4.69, 9.17) is 5.73 Å². The second-order valence-corrected chi connectivity index (χ2v) is 3.49. The summed E-state index contributed by atoms with van der Waals surface area (Å²) < 4.78 is 0. The monoisotopic (exact) mass is 255 g/mol. The third kappa shape index (κ3) is 11.0. The minimum Gasteiger partial charge on any atom is -0.370 e. The number of rotatable bonds is 4. The van der Waals surface area contributed by atoms with Crippen molar-refractivity contribution in [3.63, 3.8) is 0 Å². The Bertz CT molecular complexity index is 319. The Labute approximate surface area is 113 Å². The van der Waals surface area contributed by atoms with E-state index in [1.165, 1.54) is 6.42 Å². The maximum atomic E-state index is 10.5. The van der Waals surface area contributed by atoms with Crippen LogP contribution in [0.25, 0.3) is 0 Å². The molecule has 1 aromatic rings. The number of nitrogens with two attached hydrogens (primary N) is 1. The average Bonchev–Trinajstić information content (AvgIpc) is 2.40. The summed E-state index contributed by atoms with van der Waals surface area (Å²) in [5, 5.41) is 0. The van der Waals surface area contributed by atoms with Crippen LogP contribution < -0.4 is 5.73 Å². The SMILES string of the molecule is CC.CCC.CCc1ccnc(CCC(N)=O)n1.[HH]. The number of nitrogens with zero attached hydrogens (tertiary/aromatic N) is 2. The third-order valence-electron chi connectivity index (χ3n) is 1.72. The molecule has 0 spiro atoms. The number of aromatic nitrogens is 2. The molecule has 0 atom stereocenters. The Morgan fingerprint density at radius 3 is 2.33 bits per heavy atom. The van der Waals surface area contributed by atoms with Crippen LogP contribution in [0.1, 0.15) is 60.4 Å². The highest BCUT2D eigenvalue weighted by Gasteiger charge is 2.00. The topological polar surface area (TPSA) is 68.9 Å². The van der Waals surface area contributed by atoms with Gasteiger partial charge in [-0.15, -0.1) is 0 Å². The standard InChI is InChI=1S/C9H13N3O.C3H8.C2H6.H2/c1-2-7-5-6-11-9(12-7)4-3-8(10)13;1-3-2;1-2;/h5-6H,2-4H2,1H3,(H2,10,13);3H2,1-2H3;1-2H3;1H. The van der Waals surface area contributed by atoms with Crippen molar-refractivity contribution >= 4 is 5.91 Å². The largest absolute Gasteiger partial charge is 0.370 e. The molecule has 1 aromatic heterocycles. The van der Waals surface area contributed by atoms with Gasteiger partial charge in [0.2, 0.25) is 5.91 Å². The fourth-order valence-corrected chi connectivity index (χ4v) is 0.994. The Hall–Kier alpha value is -1.45. The molecular weight excluding hydrogens is 226 g/mol. The lowest BCUT2D eigenvalue weighted by atomic mass is 10.2. The summed E-state index contributed by atoms with van der Waals surface area (Å²) in [6, 6.07) is 1.87.